The summed E-state index contributed by atoms with van der Waals surface area (Å²) in [6.07, 6.45) is 1.34. The summed E-state index contributed by atoms with van der Waals surface area (Å²) in [5.74, 6) is -1.58. The van der Waals surface area contributed by atoms with Crippen LogP contribution in [0.1, 0.15) is 20.9 Å². The summed E-state index contributed by atoms with van der Waals surface area (Å²) in [6.45, 7) is 0. The maximum absolute atomic E-state index is 12.2. The molecule has 0 saturated carbocycles. The Morgan fingerprint density at radius 2 is 1.88 bits per heavy atom. The van der Waals surface area contributed by atoms with Crippen LogP contribution < -0.4 is 5.32 Å². The molecular weight excluding hydrogens is 371 g/mol. The SMILES string of the molecule is COC(=O)c1c(-c2c(Cl)cccc2Cl)noc1NC(=O)c1ccco1. The number of benzene rings is 1. The second kappa shape index (κ2) is 7.00. The molecule has 9 heteroatoms. The molecular formula is C16H10Cl2N2O5. The van der Waals surface area contributed by atoms with Gasteiger partial charge in [-0.05, 0) is 24.3 Å². The van der Waals surface area contributed by atoms with Gasteiger partial charge in [0.2, 0.25) is 5.88 Å². The second-order valence-corrected chi connectivity index (χ2v) is 5.57. The van der Waals surface area contributed by atoms with Crippen LogP contribution in [0, 0.1) is 0 Å². The zero-order chi connectivity index (χ0) is 18.0. The van der Waals surface area contributed by atoms with Crippen molar-refractivity contribution in [3.8, 4) is 11.3 Å². The summed E-state index contributed by atoms with van der Waals surface area (Å²) >= 11 is 12.3. The molecule has 1 amide bonds. The summed E-state index contributed by atoms with van der Waals surface area (Å²) in [5.41, 5.74) is 0.225. The molecule has 0 bridgehead atoms. The van der Waals surface area contributed by atoms with Crippen molar-refractivity contribution >= 4 is 41.0 Å². The highest BCUT2D eigenvalue weighted by Gasteiger charge is 2.29. The van der Waals surface area contributed by atoms with E-state index in [2.05, 4.69) is 10.5 Å². The molecule has 0 spiro atoms. The number of rotatable bonds is 4. The van der Waals surface area contributed by atoms with Crippen LogP contribution in [0.3, 0.4) is 0 Å². The third kappa shape index (κ3) is 3.24. The molecule has 25 heavy (non-hydrogen) atoms. The highest BCUT2D eigenvalue weighted by Crippen LogP contribution is 2.38. The first kappa shape index (κ1) is 17.1. The number of anilines is 1. The van der Waals surface area contributed by atoms with E-state index in [4.69, 9.17) is 36.9 Å². The largest absolute Gasteiger partial charge is 0.465 e. The number of ether oxygens (including phenoxy) is 1. The predicted octanol–water partition coefficient (Wildman–Crippen LogP) is 4.28. The molecule has 1 aromatic carbocycles. The minimum atomic E-state index is -0.776. The first-order chi connectivity index (χ1) is 12.0. The van der Waals surface area contributed by atoms with E-state index in [1.54, 1.807) is 24.3 Å². The molecule has 0 atom stereocenters. The molecule has 2 aromatic heterocycles. The van der Waals surface area contributed by atoms with Crippen molar-refractivity contribution in [2.45, 2.75) is 0 Å². The molecule has 0 saturated heterocycles. The fourth-order valence-electron chi connectivity index (χ4n) is 2.13. The first-order valence-electron chi connectivity index (χ1n) is 6.90. The number of furan rings is 1. The van der Waals surface area contributed by atoms with Crippen molar-refractivity contribution < 1.29 is 23.3 Å². The lowest BCUT2D eigenvalue weighted by Crippen LogP contribution is -2.14. The fourth-order valence-corrected chi connectivity index (χ4v) is 2.71. The van der Waals surface area contributed by atoms with E-state index in [1.807, 2.05) is 0 Å². The van der Waals surface area contributed by atoms with Crippen molar-refractivity contribution in [2.24, 2.45) is 0 Å². The molecule has 1 N–H and O–H groups in total. The van der Waals surface area contributed by atoms with Crippen LogP contribution in [-0.4, -0.2) is 24.1 Å². The average Bonchev–Trinajstić information content (AvgIpc) is 3.24. The van der Waals surface area contributed by atoms with Crippen LogP contribution in [0.15, 0.2) is 45.5 Å². The molecule has 3 rings (SSSR count). The Hall–Kier alpha value is -2.77. The second-order valence-electron chi connectivity index (χ2n) is 4.75. The van der Waals surface area contributed by atoms with Crippen LogP contribution >= 0.6 is 23.2 Å². The Labute approximate surface area is 151 Å². The van der Waals surface area contributed by atoms with Crippen LogP contribution in [-0.2, 0) is 4.74 Å². The monoisotopic (exact) mass is 380 g/mol. The van der Waals surface area contributed by atoms with Gasteiger partial charge in [0.15, 0.2) is 11.3 Å². The van der Waals surface area contributed by atoms with Crippen LogP contribution in [0.25, 0.3) is 11.3 Å². The number of methoxy groups -OCH3 is 1. The van der Waals surface area contributed by atoms with Gasteiger partial charge in [-0.25, -0.2) is 4.79 Å². The fraction of sp³-hybridized carbons (Fsp3) is 0.0625. The number of aromatic nitrogens is 1. The summed E-state index contributed by atoms with van der Waals surface area (Å²) in [6, 6.07) is 7.81. The van der Waals surface area contributed by atoms with Crippen LogP contribution in [0.2, 0.25) is 10.0 Å². The number of hydrogen-bond acceptors (Lipinski definition) is 6. The molecule has 0 radical (unpaired) electrons. The Balaban J connectivity index is 2.08. The van der Waals surface area contributed by atoms with Gasteiger partial charge in [-0.15, -0.1) is 0 Å². The van der Waals surface area contributed by atoms with Crippen molar-refractivity contribution in [3.05, 3.63) is 58.0 Å². The van der Waals surface area contributed by atoms with Crippen molar-refractivity contribution in [3.63, 3.8) is 0 Å². The van der Waals surface area contributed by atoms with Crippen LogP contribution in [0.5, 0.6) is 0 Å². The van der Waals surface area contributed by atoms with Gasteiger partial charge in [0.05, 0.1) is 23.4 Å². The highest BCUT2D eigenvalue weighted by molar-refractivity contribution is 6.39. The molecule has 0 unspecified atom stereocenters. The molecule has 0 aliphatic heterocycles. The minimum absolute atomic E-state index is 0.0320. The zero-order valence-corrected chi connectivity index (χ0v) is 14.2. The molecule has 128 valence electrons. The van der Waals surface area contributed by atoms with Gasteiger partial charge in [-0.2, -0.15) is 0 Å². The smallest absolute Gasteiger partial charge is 0.345 e. The number of amides is 1. The molecule has 0 aliphatic rings. The summed E-state index contributed by atoms with van der Waals surface area (Å²) in [4.78, 5) is 24.3. The van der Waals surface area contributed by atoms with E-state index < -0.39 is 11.9 Å². The number of nitrogens with one attached hydrogen (secondary N) is 1. The lowest BCUT2D eigenvalue weighted by molar-refractivity contribution is 0.0602. The number of hydrogen-bond donors (Lipinski definition) is 1. The van der Waals surface area contributed by atoms with E-state index in [1.165, 1.54) is 19.4 Å². The van der Waals surface area contributed by atoms with Gasteiger partial charge in [-0.1, -0.05) is 34.4 Å². The third-order valence-electron chi connectivity index (χ3n) is 3.25. The Kier molecular flexibility index (Phi) is 4.78. The summed E-state index contributed by atoms with van der Waals surface area (Å²) in [7, 11) is 1.19. The molecule has 2 heterocycles. The maximum Gasteiger partial charge on any atom is 0.345 e. The highest BCUT2D eigenvalue weighted by atomic mass is 35.5. The van der Waals surface area contributed by atoms with Gasteiger partial charge in [0.1, 0.15) is 5.69 Å². The topological polar surface area (TPSA) is 94.6 Å². The summed E-state index contributed by atoms with van der Waals surface area (Å²) in [5, 5.41) is 6.75. The van der Waals surface area contributed by atoms with Gasteiger partial charge in [0, 0.05) is 5.56 Å². The Morgan fingerprint density at radius 1 is 1.16 bits per heavy atom. The third-order valence-corrected chi connectivity index (χ3v) is 3.88. The maximum atomic E-state index is 12.2. The predicted molar refractivity (Wildman–Crippen MR) is 90.0 cm³/mol. The lowest BCUT2D eigenvalue weighted by Gasteiger charge is -2.06. The van der Waals surface area contributed by atoms with Crippen molar-refractivity contribution in [1.82, 2.24) is 5.16 Å². The molecule has 0 aliphatic carbocycles. The first-order valence-corrected chi connectivity index (χ1v) is 7.65. The average molecular weight is 381 g/mol. The summed E-state index contributed by atoms with van der Waals surface area (Å²) < 4.78 is 14.9. The van der Waals surface area contributed by atoms with E-state index >= 15 is 0 Å². The number of carbonyl (C=O) groups excluding carboxylic acids is 2. The standard InChI is InChI=1S/C16H10Cl2N2O5/c1-23-16(22)12-13(11-8(17)4-2-5-9(11)18)20-25-15(12)19-14(21)10-6-3-7-24-10/h2-7H,1H3,(H,19,21). The quantitative estimate of drug-likeness (QED) is 0.678. The van der Waals surface area contributed by atoms with E-state index in [0.717, 1.165) is 0 Å². The number of halogens is 2. The van der Waals surface area contributed by atoms with Gasteiger partial charge in [-0.3, -0.25) is 10.1 Å². The van der Waals surface area contributed by atoms with Gasteiger partial charge >= 0.3 is 5.97 Å². The normalized spacial score (nSPS) is 10.5. The van der Waals surface area contributed by atoms with E-state index in [-0.39, 0.29) is 38.5 Å². The molecule has 3 aromatic rings. The van der Waals surface area contributed by atoms with E-state index in [9.17, 15) is 9.59 Å². The minimum Gasteiger partial charge on any atom is -0.465 e. The van der Waals surface area contributed by atoms with Crippen molar-refractivity contribution in [2.75, 3.05) is 12.4 Å². The van der Waals surface area contributed by atoms with Gasteiger partial charge < -0.3 is 13.7 Å². The molecule has 0 fully saturated rings. The Bertz CT molecular complexity index is 914. The van der Waals surface area contributed by atoms with Crippen LogP contribution in [0.4, 0.5) is 5.88 Å². The lowest BCUT2D eigenvalue weighted by atomic mass is 10.1. The molecule has 7 nitrogen and oxygen atoms in total. The number of carbonyl (C=O) groups is 2. The number of esters is 1. The zero-order valence-electron chi connectivity index (χ0n) is 12.7. The van der Waals surface area contributed by atoms with E-state index in [0.29, 0.717) is 0 Å². The number of nitrogens with zero attached hydrogens (tertiary/aromatic N) is 1. The Morgan fingerprint density at radius 3 is 2.48 bits per heavy atom. The van der Waals surface area contributed by atoms with Crippen molar-refractivity contribution in [1.29, 1.82) is 0 Å². The van der Waals surface area contributed by atoms with Gasteiger partial charge in [0.25, 0.3) is 5.91 Å².